The van der Waals surface area contributed by atoms with E-state index in [2.05, 4.69) is 17.2 Å². The van der Waals surface area contributed by atoms with Gasteiger partial charge in [-0.3, -0.25) is 9.69 Å². The molecule has 2 rings (SSSR count). The van der Waals surface area contributed by atoms with Gasteiger partial charge in [0.15, 0.2) is 0 Å². The Balaban J connectivity index is 2.10. The smallest absolute Gasteiger partial charge is 0.304 e. The van der Waals surface area contributed by atoms with Gasteiger partial charge < -0.3 is 5.11 Å². The summed E-state index contributed by atoms with van der Waals surface area (Å²) in [5.74, 6) is -0.706. The van der Waals surface area contributed by atoms with Gasteiger partial charge >= 0.3 is 5.97 Å². The fourth-order valence-corrected chi connectivity index (χ4v) is 3.66. The zero-order chi connectivity index (χ0) is 13.1. The van der Waals surface area contributed by atoms with E-state index in [1.54, 1.807) is 0 Å². The maximum atomic E-state index is 10.9. The van der Waals surface area contributed by atoms with Crippen LogP contribution in [0.15, 0.2) is 11.4 Å². The summed E-state index contributed by atoms with van der Waals surface area (Å²) in [4.78, 5) is 13.2. The highest BCUT2D eigenvalue weighted by atomic mass is 35.5. The quantitative estimate of drug-likeness (QED) is 0.916. The molecule has 3 nitrogen and oxygen atoms in total. The van der Waals surface area contributed by atoms with Crippen LogP contribution in [0.1, 0.15) is 44.2 Å². The van der Waals surface area contributed by atoms with Gasteiger partial charge in [-0.2, -0.15) is 0 Å². The van der Waals surface area contributed by atoms with Crippen molar-refractivity contribution in [2.24, 2.45) is 0 Å². The van der Waals surface area contributed by atoms with Crippen molar-refractivity contribution in [1.29, 1.82) is 0 Å². The molecular weight excluding hydrogens is 270 g/mol. The first kappa shape index (κ1) is 13.8. The fourth-order valence-electron chi connectivity index (χ4n) is 2.69. The van der Waals surface area contributed by atoms with E-state index in [1.807, 2.05) is 6.07 Å². The molecular formula is C13H18ClNO2S. The molecule has 2 heterocycles. The topological polar surface area (TPSA) is 40.5 Å². The lowest BCUT2D eigenvalue weighted by Gasteiger charge is -2.39. The van der Waals surface area contributed by atoms with Gasteiger partial charge in [-0.25, -0.2) is 0 Å². The van der Waals surface area contributed by atoms with Gasteiger partial charge in [-0.1, -0.05) is 18.0 Å². The molecule has 1 N–H and O–H groups in total. The van der Waals surface area contributed by atoms with E-state index in [-0.39, 0.29) is 18.5 Å². The molecule has 0 saturated carbocycles. The van der Waals surface area contributed by atoms with Crippen molar-refractivity contribution in [3.8, 4) is 0 Å². The maximum Gasteiger partial charge on any atom is 0.304 e. The standard InChI is InChI=1S/C13H18ClNO2S/c1-9(10-6-12(14)18-8-10)15-5-3-2-4-11(15)7-13(16)17/h6,8-9,11H,2-5,7H2,1H3,(H,16,17). The molecule has 0 spiro atoms. The van der Waals surface area contributed by atoms with E-state index in [4.69, 9.17) is 16.7 Å². The Morgan fingerprint density at radius 1 is 1.67 bits per heavy atom. The Morgan fingerprint density at radius 2 is 2.44 bits per heavy atom. The summed E-state index contributed by atoms with van der Waals surface area (Å²) < 4.78 is 0.795. The number of piperidine rings is 1. The predicted octanol–water partition coefficient (Wildman–Crippen LogP) is 3.79. The Morgan fingerprint density at radius 3 is 3.06 bits per heavy atom. The summed E-state index contributed by atoms with van der Waals surface area (Å²) in [6.45, 7) is 3.12. The van der Waals surface area contributed by atoms with E-state index >= 15 is 0 Å². The van der Waals surface area contributed by atoms with Gasteiger partial charge in [0, 0.05) is 12.1 Å². The lowest BCUT2D eigenvalue weighted by Crippen LogP contribution is -2.42. The van der Waals surface area contributed by atoms with Crippen LogP contribution in [-0.2, 0) is 4.79 Å². The van der Waals surface area contributed by atoms with Crippen LogP contribution in [0.25, 0.3) is 0 Å². The SMILES string of the molecule is CC(c1csc(Cl)c1)N1CCCCC1CC(=O)O. The third kappa shape index (κ3) is 3.25. The average molecular weight is 288 g/mol. The van der Waals surface area contributed by atoms with Crippen molar-refractivity contribution < 1.29 is 9.90 Å². The van der Waals surface area contributed by atoms with Gasteiger partial charge in [0.1, 0.15) is 0 Å². The van der Waals surface area contributed by atoms with Gasteiger partial charge in [-0.05, 0) is 43.3 Å². The molecule has 1 aromatic rings. The molecule has 0 radical (unpaired) electrons. The number of rotatable bonds is 4. The first-order chi connectivity index (χ1) is 8.58. The van der Waals surface area contributed by atoms with Crippen LogP contribution in [0.2, 0.25) is 4.34 Å². The normalized spacial score (nSPS) is 22.9. The van der Waals surface area contributed by atoms with Crippen LogP contribution in [0.5, 0.6) is 0 Å². The second-order valence-corrected chi connectivity index (χ2v) is 6.39. The third-order valence-electron chi connectivity index (χ3n) is 3.65. The van der Waals surface area contributed by atoms with E-state index in [0.717, 1.165) is 30.1 Å². The van der Waals surface area contributed by atoms with E-state index in [0.29, 0.717) is 0 Å². The highest BCUT2D eigenvalue weighted by Gasteiger charge is 2.29. The minimum atomic E-state index is -0.706. The highest BCUT2D eigenvalue weighted by Crippen LogP contribution is 2.33. The van der Waals surface area contributed by atoms with Crippen molar-refractivity contribution in [2.75, 3.05) is 6.54 Å². The minimum absolute atomic E-state index is 0.157. The van der Waals surface area contributed by atoms with Gasteiger partial charge in [0.2, 0.25) is 0 Å². The second kappa shape index (κ2) is 6.04. The van der Waals surface area contributed by atoms with Crippen LogP contribution in [0.3, 0.4) is 0 Å². The molecule has 1 aliphatic rings. The number of likely N-dealkylation sites (tertiary alicyclic amines) is 1. The van der Waals surface area contributed by atoms with E-state index in [9.17, 15) is 4.79 Å². The first-order valence-electron chi connectivity index (χ1n) is 6.29. The lowest BCUT2D eigenvalue weighted by molar-refractivity contribution is -0.139. The summed E-state index contributed by atoms with van der Waals surface area (Å²) in [5.41, 5.74) is 1.20. The highest BCUT2D eigenvalue weighted by molar-refractivity contribution is 7.14. The lowest BCUT2D eigenvalue weighted by atomic mass is 9.96. The predicted molar refractivity (Wildman–Crippen MR) is 74.3 cm³/mol. The molecule has 0 aromatic carbocycles. The average Bonchev–Trinajstić information content (AvgIpc) is 2.75. The Hall–Kier alpha value is -0.580. The second-order valence-electron chi connectivity index (χ2n) is 4.85. The van der Waals surface area contributed by atoms with Crippen molar-refractivity contribution in [3.63, 3.8) is 0 Å². The Bertz CT molecular complexity index is 421. The van der Waals surface area contributed by atoms with Crippen molar-refractivity contribution >= 4 is 28.9 Å². The molecule has 2 atom stereocenters. The summed E-state index contributed by atoms with van der Waals surface area (Å²) in [7, 11) is 0. The summed E-state index contributed by atoms with van der Waals surface area (Å²) in [5, 5.41) is 11.1. The zero-order valence-electron chi connectivity index (χ0n) is 10.4. The molecule has 0 aliphatic carbocycles. The molecule has 0 amide bonds. The van der Waals surface area contributed by atoms with Crippen LogP contribution >= 0.6 is 22.9 Å². The third-order valence-corrected chi connectivity index (χ3v) is 4.76. The number of nitrogens with zero attached hydrogens (tertiary/aromatic N) is 1. The number of thiophene rings is 1. The maximum absolute atomic E-state index is 10.9. The number of hydrogen-bond acceptors (Lipinski definition) is 3. The molecule has 1 aliphatic heterocycles. The van der Waals surface area contributed by atoms with Gasteiger partial charge in [0.05, 0.1) is 10.8 Å². The molecule has 18 heavy (non-hydrogen) atoms. The number of carbonyl (C=O) groups is 1. The number of carboxylic acid groups (broad SMARTS) is 1. The summed E-state index contributed by atoms with van der Waals surface area (Å²) >= 11 is 7.50. The molecule has 0 bridgehead atoms. The Labute approximate surface area is 116 Å². The monoisotopic (exact) mass is 287 g/mol. The zero-order valence-corrected chi connectivity index (χ0v) is 12.0. The van der Waals surface area contributed by atoms with E-state index in [1.165, 1.54) is 16.9 Å². The van der Waals surface area contributed by atoms with Crippen LogP contribution in [0.4, 0.5) is 0 Å². The number of carboxylic acids is 1. The van der Waals surface area contributed by atoms with E-state index < -0.39 is 5.97 Å². The number of hydrogen-bond donors (Lipinski definition) is 1. The molecule has 5 heteroatoms. The summed E-state index contributed by atoms with van der Waals surface area (Å²) in [6.07, 6.45) is 3.50. The first-order valence-corrected chi connectivity index (χ1v) is 7.55. The van der Waals surface area contributed by atoms with Crippen molar-refractivity contribution in [3.05, 3.63) is 21.3 Å². The molecule has 2 unspecified atom stereocenters. The molecule has 100 valence electrons. The van der Waals surface area contributed by atoms with Gasteiger partial charge in [0.25, 0.3) is 0 Å². The van der Waals surface area contributed by atoms with Crippen molar-refractivity contribution in [1.82, 2.24) is 4.90 Å². The van der Waals surface area contributed by atoms with Crippen LogP contribution < -0.4 is 0 Å². The van der Waals surface area contributed by atoms with Gasteiger partial charge in [-0.15, -0.1) is 11.3 Å². The molecule has 1 aromatic heterocycles. The summed E-state index contributed by atoms with van der Waals surface area (Å²) in [6, 6.07) is 2.40. The minimum Gasteiger partial charge on any atom is -0.481 e. The molecule has 1 saturated heterocycles. The largest absolute Gasteiger partial charge is 0.481 e. The van der Waals surface area contributed by atoms with Crippen molar-refractivity contribution in [2.45, 2.75) is 44.7 Å². The number of halogens is 1. The van der Waals surface area contributed by atoms with Crippen LogP contribution in [-0.4, -0.2) is 28.6 Å². The van der Waals surface area contributed by atoms with Crippen LogP contribution in [0, 0.1) is 0 Å². The molecule has 1 fully saturated rings. The Kier molecular flexibility index (Phi) is 4.65. The fraction of sp³-hybridized carbons (Fsp3) is 0.615. The number of aliphatic carboxylic acids is 1.